The van der Waals surface area contributed by atoms with E-state index in [0.717, 1.165) is 25.3 Å². The SMILES string of the molecule is CC(C)(C)c1ccc(OC2CCNC2)cc1. The lowest BCUT2D eigenvalue weighted by Gasteiger charge is -2.20. The third-order valence-electron chi connectivity index (χ3n) is 3.04. The van der Waals surface area contributed by atoms with Gasteiger partial charge < -0.3 is 10.1 Å². The molecule has 1 fully saturated rings. The summed E-state index contributed by atoms with van der Waals surface area (Å²) in [6.45, 7) is 8.73. The van der Waals surface area contributed by atoms with Gasteiger partial charge in [-0.05, 0) is 36.1 Å². The standard InChI is InChI=1S/C14H21NO/c1-14(2,3)11-4-6-12(7-5-11)16-13-8-9-15-10-13/h4-7,13,15H,8-10H2,1-3H3. The van der Waals surface area contributed by atoms with Crippen LogP contribution in [-0.4, -0.2) is 19.2 Å². The Balaban J connectivity index is 2.01. The van der Waals surface area contributed by atoms with Crippen LogP contribution < -0.4 is 10.1 Å². The molecule has 0 spiro atoms. The van der Waals surface area contributed by atoms with E-state index in [1.807, 2.05) is 0 Å². The van der Waals surface area contributed by atoms with Crippen molar-refractivity contribution in [2.75, 3.05) is 13.1 Å². The van der Waals surface area contributed by atoms with Crippen molar-refractivity contribution in [3.63, 3.8) is 0 Å². The monoisotopic (exact) mass is 219 g/mol. The van der Waals surface area contributed by atoms with Gasteiger partial charge in [0, 0.05) is 6.54 Å². The first-order valence-corrected chi connectivity index (χ1v) is 6.03. The first kappa shape index (κ1) is 11.5. The summed E-state index contributed by atoms with van der Waals surface area (Å²) in [6.07, 6.45) is 1.46. The maximum absolute atomic E-state index is 5.88. The lowest BCUT2D eigenvalue weighted by molar-refractivity contribution is 0.223. The van der Waals surface area contributed by atoms with Crippen molar-refractivity contribution in [2.24, 2.45) is 0 Å². The summed E-state index contributed by atoms with van der Waals surface area (Å²) in [5.41, 5.74) is 1.57. The van der Waals surface area contributed by atoms with Crippen molar-refractivity contribution in [2.45, 2.75) is 38.7 Å². The highest BCUT2D eigenvalue weighted by atomic mass is 16.5. The van der Waals surface area contributed by atoms with E-state index in [1.165, 1.54) is 5.56 Å². The van der Waals surface area contributed by atoms with Gasteiger partial charge in [0.2, 0.25) is 0 Å². The normalized spacial score (nSPS) is 21.1. The average molecular weight is 219 g/mol. The van der Waals surface area contributed by atoms with Gasteiger partial charge in [0.25, 0.3) is 0 Å². The fourth-order valence-electron chi connectivity index (χ4n) is 1.95. The first-order chi connectivity index (χ1) is 7.55. The Morgan fingerprint density at radius 1 is 1.19 bits per heavy atom. The Bertz CT molecular complexity index is 331. The molecule has 2 nitrogen and oxygen atoms in total. The fraction of sp³-hybridized carbons (Fsp3) is 0.571. The summed E-state index contributed by atoms with van der Waals surface area (Å²) in [7, 11) is 0. The zero-order valence-corrected chi connectivity index (χ0v) is 10.4. The summed E-state index contributed by atoms with van der Waals surface area (Å²) in [4.78, 5) is 0. The van der Waals surface area contributed by atoms with Crippen molar-refractivity contribution in [3.8, 4) is 5.75 Å². The quantitative estimate of drug-likeness (QED) is 0.825. The molecule has 0 amide bonds. The van der Waals surface area contributed by atoms with E-state index in [0.29, 0.717) is 6.10 Å². The van der Waals surface area contributed by atoms with Gasteiger partial charge in [0.05, 0.1) is 0 Å². The van der Waals surface area contributed by atoms with E-state index in [-0.39, 0.29) is 5.41 Å². The summed E-state index contributed by atoms with van der Waals surface area (Å²) in [5.74, 6) is 0.988. The molecule has 0 aliphatic carbocycles. The Morgan fingerprint density at radius 2 is 1.88 bits per heavy atom. The molecule has 2 heteroatoms. The highest BCUT2D eigenvalue weighted by molar-refractivity contribution is 5.31. The molecule has 88 valence electrons. The average Bonchev–Trinajstić information content (AvgIpc) is 2.70. The van der Waals surface area contributed by atoms with Crippen LogP contribution in [0.15, 0.2) is 24.3 Å². The van der Waals surface area contributed by atoms with Crippen molar-refractivity contribution in [1.82, 2.24) is 5.32 Å². The third-order valence-corrected chi connectivity index (χ3v) is 3.04. The Hall–Kier alpha value is -1.02. The molecular weight excluding hydrogens is 198 g/mol. The fourth-order valence-corrected chi connectivity index (χ4v) is 1.95. The minimum Gasteiger partial charge on any atom is -0.489 e. The molecule has 0 aromatic heterocycles. The highest BCUT2D eigenvalue weighted by Crippen LogP contribution is 2.25. The molecule has 0 bridgehead atoms. The molecule has 1 aliphatic heterocycles. The molecule has 1 atom stereocenters. The number of rotatable bonds is 2. The summed E-state index contributed by atoms with van der Waals surface area (Å²) >= 11 is 0. The number of hydrogen-bond acceptors (Lipinski definition) is 2. The smallest absolute Gasteiger partial charge is 0.119 e. The second-order valence-electron chi connectivity index (χ2n) is 5.51. The van der Waals surface area contributed by atoms with Crippen LogP contribution in [0.5, 0.6) is 5.75 Å². The van der Waals surface area contributed by atoms with Crippen molar-refractivity contribution < 1.29 is 4.74 Å². The zero-order chi connectivity index (χ0) is 11.6. The largest absolute Gasteiger partial charge is 0.489 e. The third kappa shape index (κ3) is 2.76. The minimum absolute atomic E-state index is 0.216. The van der Waals surface area contributed by atoms with E-state index < -0.39 is 0 Å². The van der Waals surface area contributed by atoms with Crippen LogP contribution in [-0.2, 0) is 5.41 Å². The molecule has 1 aliphatic rings. The van der Waals surface area contributed by atoms with Gasteiger partial charge >= 0.3 is 0 Å². The molecule has 1 aromatic carbocycles. The van der Waals surface area contributed by atoms with Crippen molar-refractivity contribution >= 4 is 0 Å². The van der Waals surface area contributed by atoms with Crippen LogP contribution in [0, 0.1) is 0 Å². The lowest BCUT2D eigenvalue weighted by atomic mass is 9.87. The summed E-state index contributed by atoms with van der Waals surface area (Å²) in [6, 6.07) is 8.49. The van der Waals surface area contributed by atoms with Gasteiger partial charge in [-0.1, -0.05) is 32.9 Å². The number of benzene rings is 1. The van der Waals surface area contributed by atoms with E-state index in [1.54, 1.807) is 0 Å². The van der Waals surface area contributed by atoms with Crippen LogP contribution >= 0.6 is 0 Å². The van der Waals surface area contributed by atoms with Gasteiger partial charge in [-0.25, -0.2) is 0 Å². The van der Waals surface area contributed by atoms with E-state index in [4.69, 9.17) is 4.74 Å². The molecule has 1 aromatic rings. The van der Waals surface area contributed by atoms with E-state index in [2.05, 4.69) is 50.4 Å². The van der Waals surface area contributed by atoms with E-state index in [9.17, 15) is 0 Å². The Labute approximate surface area is 98.0 Å². The molecular formula is C14H21NO. The predicted octanol–water partition coefficient (Wildman–Crippen LogP) is 2.72. The van der Waals surface area contributed by atoms with E-state index >= 15 is 0 Å². The van der Waals surface area contributed by atoms with Gasteiger partial charge in [-0.2, -0.15) is 0 Å². The van der Waals surface area contributed by atoms with Crippen LogP contribution in [0.4, 0.5) is 0 Å². The molecule has 1 saturated heterocycles. The topological polar surface area (TPSA) is 21.3 Å². The second kappa shape index (κ2) is 4.46. The molecule has 0 radical (unpaired) electrons. The molecule has 1 heterocycles. The highest BCUT2D eigenvalue weighted by Gasteiger charge is 2.17. The first-order valence-electron chi connectivity index (χ1n) is 6.03. The molecule has 0 saturated carbocycles. The van der Waals surface area contributed by atoms with Gasteiger partial charge in [0.1, 0.15) is 11.9 Å². The van der Waals surface area contributed by atoms with Crippen LogP contribution in [0.2, 0.25) is 0 Å². The molecule has 1 N–H and O–H groups in total. The van der Waals surface area contributed by atoms with Crippen LogP contribution in [0.3, 0.4) is 0 Å². The van der Waals surface area contributed by atoms with Gasteiger partial charge in [-0.3, -0.25) is 0 Å². The number of nitrogens with one attached hydrogen (secondary N) is 1. The second-order valence-corrected chi connectivity index (χ2v) is 5.51. The zero-order valence-electron chi connectivity index (χ0n) is 10.4. The molecule has 16 heavy (non-hydrogen) atoms. The maximum atomic E-state index is 5.88. The minimum atomic E-state index is 0.216. The summed E-state index contributed by atoms with van der Waals surface area (Å²) in [5, 5.41) is 3.30. The molecule has 1 unspecified atom stereocenters. The Kier molecular flexibility index (Phi) is 3.20. The van der Waals surface area contributed by atoms with Crippen molar-refractivity contribution in [3.05, 3.63) is 29.8 Å². The number of hydrogen-bond donors (Lipinski definition) is 1. The predicted molar refractivity (Wildman–Crippen MR) is 67.0 cm³/mol. The number of ether oxygens (including phenoxy) is 1. The van der Waals surface area contributed by atoms with Crippen LogP contribution in [0.1, 0.15) is 32.8 Å². The Morgan fingerprint density at radius 3 is 2.38 bits per heavy atom. The van der Waals surface area contributed by atoms with Gasteiger partial charge in [-0.15, -0.1) is 0 Å². The summed E-state index contributed by atoms with van der Waals surface area (Å²) < 4.78 is 5.88. The molecule has 2 rings (SSSR count). The van der Waals surface area contributed by atoms with Crippen LogP contribution in [0.25, 0.3) is 0 Å². The lowest BCUT2D eigenvalue weighted by Crippen LogP contribution is -2.19. The van der Waals surface area contributed by atoms with Crippen molar-refractivity contribution in [1.29, 1.82) is 0 Å². The maximum Gasteiger partial charge on any atom is 0.119 e. The van der Waals surface area contributed by atoms with Gasteiger partial charge in [0.15, 0.2) is 0 Å².